The van der Waals surface area contributed by atoms with Crippen LogP contribution < -0.4 is 15.4 Å². The van der Waals surface area contributed by atoms with Gasteiger partial charge in [-0.05, 0) is 36.6 Å². The molecule has 1 heterocycles. The third-order valence-electron chi connectivity index (χ3n) is 4.69. The van der Waals surface area contributed by atoms with Crippen molar-refractivity contribution >= 4 is 17.6 Å². The van der Waals surface area contributed by atoms with Gasteiger partial charge in [0.05, 0.1) is 33.0 Å². The minimum absolute atomic E-state index is 0.0835. The van der Waals surface area contributed by atoms with Crippen molar-refractivity contribution in [3.05, 3.63) is 29.8 Å². The van der Waals surface area contributed by atoms with E-state index in [1.807, 2.05) is 13.8 Å². The van der Waals surface area contributed by atoms with Gasteiger partial charge in [-0.15, -0.1) is 0 Å². The number of benzene rings is 1. The first-order valence-corrected chi connectivity index (χ1v) is 9.41. The number of Topliss-reactive ketones (excluding diaryl/α,β-unsaturated/α-hetero) is 1. The highest BCUT2D eigenvalue weighted by molar-refractivity contribution is 6.00. The maximum Gasteiger partial charge on any atom is 0.252 e. The average molecular weight is 408 g/mol. The maximum absolute atomic E-state index is 12.7. The summed E-state index contributed by atoms with van der Waals surface area (Å²) in [6.45, 7) is 2.78. The van der Waals surface area contributed by atoms with Crippen LogP contribution >= 0.6 is 0 Å². The molecular formula is C20H28N2O7. The Balaban J connectivity index is 2.05. The van der Waals surface area contributed by atoms with Gasteiger partial charge in [0.2, 0.25) is 5.91 Å². The molecule has 9 nitrogen and oxygen atoms in total. The standard InChI is InChI=1S/C20H28N2O7/c1-12(2)8-15(17(25)20(10-24)11-29-20)21-19(27)16(9-23)22-18(26)13-4-6-14(28-3)7-5-13/h4-7,12,15-16,23-24H,8-11H2,1-3H3,(H,21,27)(H,22,26)/t15-,16-,20+/m0/s1. The number of aliphatic hydroxyl groups excluding tert-OH is 2. The van der Waals surface area contributed by atoms with Crippen LogP contribution in [0.15, 0.2) is 24.3 Å². The molecule has 0 aromatic heterocycles. The minimum Gasteiger partial charge on any atom is -0.497 e. The van der Waals surface area contributed by atoms with Crippen LogP contribution in [0.2, 0.25) is 0 Å². The molecule has 0 aliphatic carbocycles. The quantitative estimate of drug-likeness (QED) is 0.367. The number of amides is 2. The van der Waals surface area contributed by atoms with Gasteiger partial charge in [0.15, 0.2) is 11.4 Å². The van der Waals surface area contributed by atoms with Gasteiger partial charge in [0.25, 0.3) is 5.91 Å². The van der Waals surface area contributed by atoms with Gasteiger partial charge in [-0.25, -0.2) is 0 Å². The van der Waals surface area contributed by atoms with Crippen LogP contribution in [0.1, 0.15) is 30.6 Å². The lowest BCUT2D eigenvalue weighted by molar-refractivity contribution is -0.133. The largest absolute Gasteiger partial charge is 0.497 e. The minimum atomic E-state index is -1.27. The molecule has 2 amide bonds. The smallest absolute Gasteiger partial charge is 0.252 e. The first-order valence-electron chi connectivity index (χ1n) is 9.41. The molecule has 1 fully saturated rings. The molecule has 29 heavy (non-hydrogen) atoms. The number of rotatable bonds is 11. The molecule has 0 bridgehead atoms. The molecule has 1 aromatic rings. The van der Waals surface area contributed by atoms with Crippen LogP contribution in [0.5, 0.6) is 5.75 Å². The molecule has 1 aromatic carbocycles. The van der Waals surface area contributed by atoms with Gasteiger partial charge in [-0.1, -0.05) is 13.8 Å². The lowest BCUT2D eigenvalue weighted by atomic mass is 9.92. The van der Waals surface area contributed by atoms with E-state index in [4.69, 9.17) is 9.47 Å². The SMILES string of the molecule is COc1ccc(C(=O)N[C@@H](CO)C(=O)N[C@@H](CC(C)C)C(=O)[C@@]2(CO)CO2)cc1. The van der Waals surface area contributed by atoms with Gasteiger partial charge in [-0.2, -0.15) is 0 Å². The van der Waals surface area contributed by atoms with Crippen LogP contribution in [0.3, 0.4) is 0 Å². The van der Waals surface area contributed by atoms with E-state index in [1.54, 1.807) is 12.1 Å². The van der Waals surface area contributed by atoms with Crippen LogP contribution in [0, 0.1) is 5.92 Å². The third-order valence-corrected chi connectivity index (χ3v) is 4.69. The van der Waals surface area contributed by atoms with Crippen molar-refractivity contribution in [3.63, 3.8) is 0 Å². The number of ketones is 1. The normalized spacial score (nSPS) is 19.9. The summed E-state index contributed by atoms with van der Waals surface area (Å²) in [7, 11) is 1.50. The molecule has 1 aliphatic heterocycles. The Kier molecular flexibility index (Phi) is 7.72. The maximum atomic E-state index is 12.7. The van der Waals surface area contributed by atoms with Crippen LogP contribution in [0.25, 0.3) is 0 Å². The molecule has 4 N–H and O–H groups in total. The zero-order chi connectivity index (χ0) is 21.6. The Morgan fingerprint density at radius 3 is 2.21 bits per heavy atom. The first kappa shape index (κ1) is 22.8. The topological polar surface area (TPSA) is 137 Å². The van der Waals surface area contributed by atoms with Crippen molar-refractivity contribution in [2.45, 2.75) is 38.0 Å². The highest BCUT2D eigenvalue weighted by Crippen LogP contribution is 2.30. The van der Waals surface area contributed by atoms with Gasteiger partial charge >= 0.3 is 0 Å². The fourth-order valence-corrected chi connectivity index (χ4v) is 2.87. The summed E-state index contributed by atoms with van der Waals surface area (Å²) in [6.07, 6.45) is 0.334. The second-order valence-corrected chi connectivity index (χ2v) is 7.43. The highest BCUT2D eigenvalue weighted by atomic mass is 16.6. The van der Waals surface area contributed by atoms with Crippen LogP contribution in [-0.4, -0.2) is 72.4 Å². The number of ether oxygens (including phenoxy) is 2. The molecule has 9 heteroatoms. The number of carbonyl (C=O) groups excluding carboxylic acids is 3. The Hall–Kier alpha value is -2.49. The van der Waals surface area contributed by atoms with E-state index in [1.165, 1.54) is 19.2 Å². The van der Waals surface area contributed by atoms with E-state index < -0.39 is 48.5 Å². The lowest BCUT2D eigenvalue weighted by Gasteiger charge is -2.24. The lowest BCUT2D eigenvalue weighted by Crippen LogP contribution is -2.55. The molecule has 1 aliphatic rings. The van der Waals surface area contributed by atoms with Crippen molar-refractivity contribution in [3.8, 4) is 5.75 Å². The van der Waals surface area contributed by atoms with E-state index >= 15 is 0 Å². The molecule has 0 unspecified atom stereocenters. The monoisotopic (exact) mass is 408 g/mol. The van der Waals surface area contributed by atoms with Gasteiger partial charge in [0.1, 0.15) is 11.8 Å². The number of epoxide rings is 1. The van der Waals surface area contributed by atoms with E-state index in [0.717, 1.165) is 0 Å². The predicted molar refractivity (Wildman–Crippen MR) is 103 cm³/mol. The fourth-order valence-electron chi connectivity index (χ4n) is 2.87. The number of hydrogen-bond acceptors (Lipinski definition) is 7. The van der Waals surface area contributed by atoms with Crippen LogP contribution in [0.4, 0.5) is 0 Å². The Morgan fingerprint density at radius 1 is 1.14 bits per heavy atom. The second-order valence-electron chi connectivity index (χ2n) is 7.43. The summed E-state index contributed by atoms with van der Waals surface area (Å²) in [5.74, 6) is -0.998. The van der Waals surface area contributed by atoms with E-state index in [0.29, 0.717) is 12.2 Å². The van der Waals surface area contributed by atoms with E-state index in [9.17, 15) is 24.6 Å². The van der Waals surface area contributed by atoms with Crippen molar-refractivity contribution in [1.82, 2.24) is 10.6 Å². The zero-order valence-electron chi connectivity index (χ0n) is 16.8. The number of hydrogen-bond donors (Lipinski definition) is 4. The van der Waals surface area contributed by atoms with E-state index in [2.05, 4.69) is 10.6 Å². The number of methoxy groups -OCH3 is 1. The summed E-state index contributed by atoms with van der Waals surface area (Å²) in [5, 5.41) is 24.0. The summed E-state index contributed by atoms with van der Waals surface area (Å²) in [6, 6.07) is 4.12. The Labute approximate surface area is 169 Å². The molecule has 0 spiro atoms. The van der Waals surface area contributed by atoms with Crippen molar-refractivity contribution in [2.24, 2.45) is 5.92 Å². The van der Waals surface area contributed by atoms with Gasteiger partial charge < -0.3 is 30.3 Å². The fraction of sp³-hybridized carbons (Fsp3) is 0.550. The Bertz CT molecular complexity index is 729. The molecular weight excluding hydrogens is 380 g/mol. The molecule has 3 atom stereocenters. The molecule has 0 saturated carbocycles. The second kappa shape index (κ2) is 9.82. The van der Waals surface area contributed by atoms with Crippen molar-refractivity contribution in [2.75, 3.05) is 26.9 Å². The molecule has 160 valence electrons. The first-order chi connectivity index (χ1) is 13.8. The summed E-state index contributed by atoms with van der Waals surface area (Å²) >= 11 is 0. The molecule has 2 rings (SSSR count). The van der Waals surface area contributed by atoms with Gasteiger partial charge in [-0.3, -0.25) is 14.4 Å². The zero-order valence-corrected chi connectivity index (χ0v) is 16.8. The number of carbonyl (C=O) groups is 3. The molecule has 1 saturated heterocycles. The van der Waals surface area contributed by atoms with E-state index in [-0.39, 0.29) is 18.1 Å². The summed E-state index contributed by atoms with van der Waals surface area (Å²) in [5.41, 5.74) is -0.981. The number of aliphatic hydroxyl groups is 2. The van der Waals surface area contributed by atoms with Crippen molar-refractivity contribution in [1.29, 1.82) is 0 Å². The van der Waals surface area contributed by atoms with Crippen LogP contribution in [-0.2, 0) is 14.3 Å². The number of nitrogens with one attached hydrogen (secondary N) is 2. The van der Waals surface area contributed by atoms with Gasteiger partial charge in [0, 0.05) is 5.56 Å². The third kappa shape index (κ3) is 5.75. The summed E-state index contributed by atoms with van der Waals surface area (Å²) in [4.78, 5) is 37.7. The Morgan fingerprint density at radius 2 is 1.76 bits per heavy atom. The average Bonchev–Trinajstić information content (AvgIpc) is 3.51. The predicted octanol–water partition coefficient (Wildman–Crippen LogP) is -0.353. The highest BCUT2D eigenvalue weighted by Gasteiger charge is 2.54. The van der Waals surface area contributed by atoms with Crippen molar-refractivity contribution < 1.29 is 34.1 Å². The summed E-state index contributed by atoms with van der Waals surface area (Å²) < 4.78 is 10.1. The molecule has 0 radical (unpaired) electrons.